The van der Waals surface area contributed by atoms with Crippen molar-refractivity contribution in [3.8, 4) is 5.69 Å². The maximum absolute atomic E-state index is 14.3. The number of aromatic nitrogens is 3. The van der Waals surface area contributed by atoms with Gasteiger partial charge in [-0.05, 0) is 55.7 Å². The number of hydrogen-bond acceptors (Lipinski definition) is 6. The first kappa shape index (κ1) is 22.9. The minimum absolute atomic E-state index is 0.0970. The van der Waals surface area contributed by atoms with Crippen LogP contribution in [-0.2, 0) is 29.0 Å². The van der Waals surface area contributed by atoms with Crippen molar-refractivity contribution >= 4 is 34.0 Å². The van der Waals surface area contributed by atoms with E-state index in [1.54, 1.807) is 28.3 Å². The van der Waals surface area contributed by atoms with Crippen molar-refractivity contribution in [3.05, 3.63) is 88.2 Å². The number of hydrogen-bond donors (Lipinski definition) is 0. The van der Waals surface area contributed by atoms with E-state index in [0.717, 1.165) is 35.4 Å². The van der Waals surface area contributed by atoms with Gasteiger partial charge in [-0.1, -0.05) is 12.1 Å². The number of thiazole rings is 1. The van der Waals surface area contributed by atoms with Gasteiger partial charge in [0, 0.05) is 23.6 Å². The standard InChI is InChI=1S/C25H20F2N4O3S/c1-15(32)30(22-7-3-2-6-20(22)27)25-28-17(14-35-25)13-34-24(33)23-19-5-4-8-21(19)31(29-23)18-11-9-16(26)10-12-18/h2-3,6-7,9-12,14H,4-5,8,13H2,1H3. The van der Waals surface area contributed by atoms with E-state index in [9.17, 15) is 18.4 Å². The summed E-state index contributed by atoms with van der Waals surface area (Å²) in [6, 6.07) is 11.9. The molecule has 0 N–H and O–H groups in total. The Kier molecular flexibility index (Phi) is 6.12. The lowest BCUT2D eigenvalue weighted by molar-refractivity contribution is -0.115. The molecule has 178 valence electrons. The Labute approximate surface area is 203 Å². The van der Waals surface area contributed by atoms with Crippen LogP contribution in [0.1, 0.15) is 40.8 Å². The van der Waals surface area contributed by atoms with Gasteiger partial charge in [0.15, 0.2) is 10.8 Å². The molecule has 1 aliphatic rings. The molecular formula is C25H20F2N4O3S. The monoisotopic (exact) mass is 494 g/mol. The molecule has 35 heavy (non-hydrogen) atoms. The van der Waals surface area contributed by atoms with Crippen LogP contribution < -0.4 is 4.90 Å². The van der Waals surface area contributed by atoms with E-state index in [4.69, 9.17) is 4.74 Å². The number of anilines is 2. The number of halogens is 2. The van der Waals surface area contributed by atoms with Crippen LogP contribution in [0.4, 0.5) is 19.6 Å². The molecule has 1 amide bonds. The van der Waals surface area contributed by atoms with E-state index in [2.05, 4.69) is 10.1 Å². The lowest BCUT2D eigenvalue weighted by Gasteiger charge is -2.18. The van der Waals surface area contributed by atoms with Gasteiger partial charge in [-0.15, -0.1) is 11.3 Å². The molecule has 2 heterocycles. The summed E-state index contributed by atoms with van der Waals surface area (Å²) in [6.07, 6.45) is 2.36. The van der Waals surface area contributed by atoms with Crippen molar-refractivity contribution in [2.75, 3.05) is 4.90 Å². The number of esters is 1. The highest BCUT2D eigenvalue weighted by molar-refractivity contribution is 7.14. The summed E-state index contributed by atoms with van der Waals surface area (Å²) in [7, 11) is 0. The molecular weight excluding hydrogens is 474 g/mol. The Hall–Kier alpha value is -3.92. The van der Waals surface area contributed by atoms with Crippen molar-refractivity contribution in [1.82, 2.24) is 14.8 Å². The molecule has 7 nitrogen and oxygen atoms in total. The Bertz CT molecular complexity index is 1410. The summed E-state index contributed by atoms with van der Waals surface area (Å²) in [5, 5.41) is 6.38. The largest absolute Gasteiger partial charge is 0.454 e. The van der Waals surface area contributed by atoms with Crippen molar-refractivity contribution in [2.24, 2.45) is 0 Å². The number of ether oxygens (including phenoxy) is 1. The minimum atomic E-state index is -0.587. The maximum atomic E-state index is 14.3. The van der Waals surface area contributed by atoms with Crippen LogP contribution >= 0.6 is 11.3 Å². The number of para-hydroxylation sites is 1. The molecule has 0 fully saturated rings. The minimum Gasteiger partial charge on any atom is -0.454 e. The average molecular weight is 495 g/mol. The molecule has 0 aliphatic heterocycles. The first-order valence-electron chi connectivity index (χ1n) is 11.0. The van der Waals surface area contributed by atoms with Gasteiger partial charge in [-0.2, -0.15) is 5.10 Å². The van der Waals surface area contributed by atoms with E-state index in [1.807, 2.05) is 0 Å². The van der Waals surface area contributed by atoms with Crippen LogP contribution in [-0.4, -0.2) is 26.6 Å². The first-order valence-corrected chi connectivity index (χ1v) is 11.8. The number of fused-ring (bicyclic) bond motifs is 1. The van der Waals surface area contributed by atoms with Crippen molar-refractivity contribution < 1.29 is 23.1 Å². The lowest BCUT2D eigenvalue weighted by atomic mass is 10.2. The molecule has 0 radical (unpaired) electrons. The quantitative estimate of drug-likeness (QED) is 0.347. The topological polar surface area (TPSA) is 77.3 Å². The second kappa shape index (κ2) is 9.38. The molecule has 0 saturated carbocycles. The fourth-order valence-electron chi connectivity index (χ4n) is 4.11. The van der Waals surface area contributed by atoms with Crippen LogP contribution in [0.2, 0.25) is 0 Å². The number of nitrogens with zero attached hydrogens (tertiary/aromatic N) is 4. The van der Waals surface area contributed by atoms with Crippen LogP contribution in [0.15, 0.2) is 53.9 Å². The number of amides is 1. The smallest absolute Gasteiger partial charge is 0.359 e. The number of rotatable bonds is 6. The molecule has 2 aromatic heterocycles. The summed E-state index contributed by atoms with van der Waals surface area (Å²) in [5.41, 5.74) is 3.18. The van der Waals surface area contributed by atoms with Gasteiger partial charge >= 0.3 is 5.97 Å². The molecule has 0 unspecified atom stereocenters. The zero-order valence-corrected chi connectivity index (χ0v) is 19.5. The van der Waals surface area contributed by atoms with E-state index >= 15 is 0 Å². The molecule has 4 aromatic rings. The molecule has 0 bridgehead atoms. The summed E-state index contributed by atoms with van der Waals surface area (Å²) < 4.78 is 34.8. The Morgan fingerprint density at radius 2 is 1.89 bits per heavy atom. The van der Waals surface area contributed by atoms with E-state index in [1.165, 1.54) is 42.2 Å². The molecule has 0 atom stereocenters. The molecule has 10 heteroatoms. The van der Waals surface area contributed by atoms with E-state index < -0.39 is 17.7 Å². The normalized spacial score (nSPS) is 12.4. The fraction of sp³-hybridized carbons (Fsp3) is 0.200. The summed E-state index contributed by atoms with van der Waals surface area (Å²) in [4.78, 5) is 30.7. The molecule has 0 spiro atoms. The average Bonchev–Trinajstić information content (AvgIpc) is 3.57. The Morgan fingerprint density at radius 1 is 1.11 bits per heavy atom. The lowest BCUT2D eigenvalue weighted by Crippen LogP contribution is -2.23. The number of carbonyl (C=O) groups excluding carboxylic acids is 2. The third-order valence-corrected chi connectivity index (χ3v) is 6.56. The van der Waals surface area contributed by atoms with Gasteiger partial charge < -0.3 is 4.74 Å². The van der Waals surface area contributed by atoms with Gasteiger partial charge in [0.25, 0.3) is 0 Å². The summed E-state index contributed by atoms with van der Waals surface area (Å²) in [5.74, 6) is -1.87. The number of carbonyl (C=O) groups is 2. The summed E-state index contributed by atoms with van der Waals surface area (Å²) in [6.45, 7) is 1.20. The van der Waals surface area contributed by atoms with Gasteiger partial charge in [0.05, 0.1) is 17.1 Å². The van der Waals surface area contributed by atoms with Gasteiger partial charge in [0.1, 0.15) is 18.2 Å². The van der Waals surface area contributed by atoms with E-state index in [-0.39, 0.29) is 28.9 Å². The van der Waals surface area contributed by atoms with Crippen LogP contribution in [0.3, 0.4) is 0 Å². The first-order chi connectivity index (χ1) is 16.9. The Balaban J connectivity index is 1.34. The Morgan fingerprint density at radius 3 is 2.63 bits per heavy atom. The van der Waals surface area contributed by atoms with Gasteiger partial charge in [-0.25, -0.2) is 23.2 Å². The van der Waals surface area contributed by atoms with Crippen LogP contribution in [0, 0.1) is 11.6 Å². The second-order valence-electron chi connectivity index (χ2n) is 8.02. The third kappa shape index (κ3) is 4.44. The third-order valence-electron chi connectivity index (χ3n) is 5.69. The zero-order chi connectivity index (χ0) is 24.5. The zero-order valence-electron chi connectivity index (χ0n) is 18.7. The highest BCUT2D eigenvalue weighted by atomic mass is 32.1. The van der Waals surface area contributed by atoms with Crippen LogP contribution in [0.25, 0.3) is 5.69 Å². The predicted octanol–water partition coefficient (Wildman–Crippen LogP) is 5.14. The maximum Gasteiger partial charge on any atom is 0.359 e. The van der Waals surface area contributed by atoms with Crippen molar-refractivity contribution in [1.29, 1.82) is 0 Å². The SMILES string of the molecule is CC(=O)N(c1nc(COC(=O)c2nn(-c3ccc(F)cc3)c3c2CCC3)cs1)c1ccccc1F. The van der Waals surface area contributed by atoms with Crippen molar-refractivity contribution in [2.45, 2.75) is 32.8 Å². The number of benzene rings is 2. The van der Waals surface area contributed by atoms with Crippen LogP contribution in [0.5, 0.6) is 0 Å². The van der Waals surface area contributed by atoms with Crippen molar-refractivity contribution in [3.63, 3.8) is 0 Å². The highest BCUT2D eigenvalue weighted by Gasteiger charge is 2.28. The van der Waals surface area contributed by atoms with E-state index in [0.29, 0.717) is 17.8 Å². The molecule has 5 rings (SSSR count). The second-order valence-corrected chi connectivity index (χ2v) is 8.86. The molecule has 0 saturated heterocycles. The fourth-order valence-corrected chi connectivity index (χ4v) is 4.98. The highest BCUT2D eigenvalue weighted by Crippen LogP contribution is 2.32. The molecule has 2 aromatic carbocycles. The van der Waals surface area contributed by atoms with Gasteiger partial charge in [0.2, 0.25) is 5.91 Å². The molecule has 1 aliphatic carbocycles. The van der Waals surface area contributed by atoms with Gasteiger partial charge in [-0.3, -0.25) is 9.69 Å². The summed E-state index contributed by atoms with van der Waals surface area (Å²) >= 11 is 1.15. The predicted molar refractivity (Wildman–Crippen MR) is 126 cm³/mol.